The van der Waals surface area contributed by atoms with Crippen LogP contribution < -0.4 is 10.2 Å². The van der Waals surface area contributed by atoms with Gasteiger partial charge in [0.25, 0.3) is 5.91 Å². The normalized spacial score (nSPS) is 10.5. The molecular weight excluding hydrogens is 328 g/mol. The summed E-state index contributed by atoms with van der Waals surface area (Å²) in [5.41, 5.74) is 1.19. The van der Waals surface area contributed by atoms with Crippen molar-refractivity contribution in [3.05, 3.63) is 59.5 Å². The van der Waals surface area contributed by atoms with Crippen molar-refractivity contribution in [2.75, 3.05) is 24.3 Å². The highest BCUT2D eigenvalue weighted by Gasteiger charge is 2.11. The lowest BCUT2D eigenvalue weighted by atomic mass is 10.3. The van der Waals surface area contributed by atoms with Crippen LogP contribution in [0.1, 0.15) is 10.4 Å². The van der Waals surface area contributed by atoms with Gasteiger partial charge in [0.1, 0.15) is 5.82 Å². The summed E-state index contributed by atoms with van der Waals surface area (Å²) in [4.78, 5) is 22.5. The lowest BCUT2D eigenvalue weighted by Crippen LogP contribution is -2.16. The Labute approximate surface area is 143 Å². The second kappa shape index (κ2) is 6.67. The van der Waals surface area contributed by atoms with E-state index in [9.17, 15) is 4.79 Å². The number of aromatic nitrogens is 4. The summed E-state index contributed by atoms with van der Waals surface area (Å²) in [6, 6.07) is 8.85. The van der Waals surface area contributed by atoms with E-state index in [4.69, 9.17) is 11.6 Å². The van der Waals surface area contributed by atoms with Crippen molar-refractivity contribution in [1.82, 2.24) is 19.7 Å². The minimum atomic E-state index is -0.299. The van der Waals surface area contributed by atoms with Crippen molar-refractivity contribution < 1.29 is 4.79 Å². The minimum Gasteiger partial charge on any atom is -0.347 e. The van der Waals surface area contributed by atoms with E-state index in [-0.39, 0.29) is 5.91 Å². The fraction of sp³-hybridized carbons (Fsp3) is 0.125. The maximum atomic E-state index is 12.3. The van der Waals surface area contributed by atoms with Crippen molar-refractivity contribution in [2.45, 2.75) is 0 Å². The second-order valence-corrected chi connectivity index (χ2v) is 5.68. The summed E-state index contributed by atoms with van der Waals surface area (Å²) < 4.78 is 1.59. The highest BCUT2D eigenvalue weighted by molar-refractivity contribution is 6.30. The van der Waals surface area contributed by atoms with Gasteiger partial charge in [0, 0.05) is 31.5 Å². The van der Waals surface area contributed by atoms with Gasteiger partial charge in [0.2, 0.25) is 5.95 Å². The zero-order valence-corrected chi connectivity index (χ0v) is 13.9. The molecule has 0 aliphatic heterocycles. The van der Waals surface area contributed by atoms with E-state index in [0.29, 0.717) is 22.4 Å². The van der Waals surface area contributed by atoms with Crippen LogP contribution in [0.4, 0.5) is 11.8 Å². The third-order valence-corrected chi connectivity index (χ3v) is 3.44. The Morgan fingerprint density at radius 3 is 2.88 bits per heavy atom. The number of nitrogens with one attached hydrogen (secondary N) is 1. The molecule has 0 bridgehead atoms. The van der Waals surface area contributed by atoms with Gasteiger partial charge in [-0.05, 0) is 24.3 Å². The van der Waals surface area contributed by atoms with Crippen LogP contribution in [-0.4, -0.2) is 39.8 Å². The summed E-state index contributed by atoms with van der Waals surface area (Å²) in [5.74, 6) is 0.642. The summed E-state index contributed by atoms with van der Waals surface area (Å²) >= 11 is 5.97. The third kappa shape index (κ3) is 3.52. The van der Waals surface area contributed by atoms with E-state index in [0.717, 1.165) is 5.69 Å². The zero-order valence-electron chi connectivity index (χ0n) is 13.1. The molecule has 0 saturated carbocycles. The molecule has 1 N–H and O–H groups in total. The van der Waals surface area contributed by atoms with Gasteiger partial charge >= 0.3 is 0 Å². The smallest absolute Gasteiger partial charge is 0.260 e. The number of nitrogens with zero attached hydrogens (tertiary/aromatic N) is 5. The van der Waals surface area contributed by atoms with Crippen molar-refractivity contribution in [2.24, 2.45) is 0 Å². The first-order chi connectivity index (χ1) is 11.5. The molecule has 2 heterocycles. The molecule has 0 saturated heterocycles. The SMILES string of the molecule is CN(C)c1nccc(NC(=O)c2cnn(-c3cccc(Cl)c3)c2)n1. The summed E-state index contributed by atoms with van der Waals surface area (Å²) in [6.07, 6.45) is 4.71. The monoisotopic (exact) mass is 342 g/mol. The molecule has 0 aliphatic rings. The maximum absolute atomic E-state index is 12.3. The Morgan fingerprint density at radius 1 is 1.29 bits per heavy atom. The van der Waals surface area contributed by atoms with Gasteiger partial charge in [-0.15, -0.1) is 0 Å². The van der Waals surface area contributed by atoms with E-state index in [1.807, 2.05) is 26.2 Å². The van der Waals surface area contributed by atoms with Gasteiger partial charge in [-0.2, -0.15) is 10.1 Å². The van der Waals surface area contributed by atoms with Crippen LogP contribution in [0.2, 0.25) is 5.02 Å². The number of rotatable bonds is 4. The van der Waals surface area contributed by atoms with Gasteiger partial charge in [0.05, 0.1) is 17.4 Å². The van der Waals surface area contributed by atoms with Crippen LogP contribution in [-0.2, 0) is 0 Å². The average Bonchev–Trinajstić information content (AvgIpc) is 3.05. The van der Waals surface area contributed by atoms with Crippen molar-refractivity contribution in [3.63, 3.8) is 0 Å². The summed E-state index contributed by atoms with van der Waals surface area (Å²) in [5, 5.41) is 7.53. The molecule has 0 unspecified atom stereocenters. The highest BCUT2D eigenvalue weighted by Crippen LogP contribution is 2.15. The number of carbonyl (C=O) groups is 1. The van der Waals surface area contributed by atoms with Gasteiger partial charge in [-0.3, -0.25) is 4.79 Å². The van der Waals surface area contributed by atoms with Crippen LogP contribution in [0.3, 0.4) is 0 Å². The molecule has 24 heavy (non-hydrogen) atoms. The number of carbonyl (C=O) groups excluding carboxylic acids is 1. The molecule has 3 aromatic rings. The Balaban J connectivity index is 1.78. The standard InChI is InChI=1S/C16H15ClN6O/c1-22(2)16-18-7-6-14(21-16)20-15(24)11-9-19-23(10-11)13-5-3-4-12(17)8-13/h3-10H,1-2H3,(H,18,20,21,24). The highest BCUT2D eigenvalue weighted by atomic mass is 35.5. The molecular formula is C16H15ClN6O. The number of hydrogen-bond acceptors (Lipinski definition) is 5. The van der Waals surface area contributed by atoms with Crippen molar-refractivity contribution in [1.29, 1.82) is 0 Å². The molecule has 0 radical (unpaired) electrons. The summed E-state index contributed by atoms with van der Waals surface area (Å²) in [7, 11) is 3.66. The van der Waals surface area contributed by atoms with Crippen LogP contribution >= 0.6 is 11.6 Å². The summed E-state index contributed by atoms with van der Waals surface area (Å²) in [6.45, 7) is 0. The lowest BCUT2D eigenvalue weighted by molar-refractivity contribution is 0.102. The number of halogens is 1. The van der Waals surface area contributed by atoms with E-state index in [2.05, 4.69) is 20.4 Å². The first-order valence-electron chi connectivity index (χ1n) is 7.15. The number of anilines is 2. The molecule has 1 aromatic carbocycles. The van der Waals surface area contributed by atoms with Gasteiger partial charge in [-0.25, -0.2) is 9.67 Å². The largest absolute Gasteiger partial charge is 0.347 e. The first-order valence-corrected chi connectivity index (χ1v) is 7.53. The molecule has 122 valence electrons. The fourth-order valence-corrected chi connectivity index (χ4v) is 2.21. The van der Waals surface area contributed by atoms with Crippen molar-refractivity contribution >= 4 is 29.3 Å². The van der Waals surface area contributed by atoms with Crippen molar-refractivity contribution in [3.8, 4) is 5.69 Å². The quantitative estimate of drug-likeness (QED) is 0.788. The molecule has 7 nitrogen and oxygen atoms in total. The molecule has 0 spiro atoms. The zero-order chi connectivity index (χ0) is 17.1. The van der Waals surface area contributed by atoms with Crippen LogP contribution in [0, 0.1) is 0 Å². The predicted molar refractivity (Wildman–Crippen MR) is 92.9 cm³/mol. The topological polar surface area (TPSA) is 75.9 Å². The van der Waals surface area contributed by atoms with Gasteiger partial charge in [0.15, 0.2) is 0 Å². The fourth-order valence-electron chi connectivity index (χ4n) is 2.02. The molecule has 1 amide bonds. The molecule has 0 atom stereocenters. The number of amides is 1. The molecule has 0 fully saturated rings. The number of hydrogen-bond donors (Lipinski definition) is 1. The van der Waals surface area contributed by atoms with Gasteiger partial charge in [-0.1, -0.05) is 17.7 Å². The van der Waals surface area contributed by atoms with E-state index in [1.54, 1.807) is 40.2 Å². The Morgan fingerprint density at radius 2 is 2.12 bits per heavy atom. The minimum absolute atomic E-state index is 0.299. The first kappa shape index (κ1) is 15.9. The third-order valence-electron chi connectivity index (χ3n) is 3.20. The lowest BCUT2D eigenvalue weighted by Gasteiger charge is -2.10. The van der Waals surface area contributed by atoms with Crippen LogP contribution in [0.5, 0.6) is 0 Å². The van der Waals surface area contributed by atoms with Gasteiger partial charge < -0.3 is 10.2 Å². The molecule has 2 aromatic heterocycles. The Hall–Kier alpha value is -2.93. The second-order valence-electron chi connectivity index (χ2n) is 5.24. The number of benzene rings is 1. The molecule has 0 aliphatic carbocycles. The van der Waals surface area contributed by atoms with E-state index in [1.165, 1.54) is 6.20 Å². The Bertz CT molecular complexity index is 876. The predicted octanol–water partition coefficient (Wildman–Crippen LogP) is 2.63. The maximum Gasteiger partial charge on any atom is 0.260 e. The Kier molecular flexibility index (Phi) is 4.43. The van der Waals surface area contributed by atoms with Crippen LogP contribution in [0.15, 0.2) is 48.9 Å². The van der Waals surface area contributed by atoms with Crippen LogP contribution in [0.25, 0.3) is 5.69 Å². The molecule has 8 heteroatoms. The van der Waals surface area contributed by atoms with E-state index >= 15 is 0 Å². The average molecular weight is 343 g/mol. The molecule has 3 rings (SSSR count). The van der Waals surface area contributed by atoms with E-state index < -0.39 is 0 Å².